The number of hydrogen-bond donors (Lipinski definition) is 0. The van der Waals surface area contributed by atoms with Crippen LogP contribution in [0, 0.1) is 0 Å². The van der Waals surface area contributed by atoms with Crippen molar-refractivity contribution in [3.05, 3.63) is 0 Å². The molecule has 0 N–H and O–H groups in total. The maximum atomic E-state index is 11.4. The van der Waals surface area contributed by atoms with Crippen molar-refractivity contribution in [2.45, 2.75) is 50.1 Å². The molecule has 2 aliphatic heterocycles. The van der Waals surface area contributed by atoms with Crippen molar-refractivity contribution in [1.29, 1.82) is 0 Å². The predicted octanol–water partition coefficient (Wildman–Crippen LogP) is 0.876. The molecule has 1 unspecified atom stereocenters. The molecule has 3 aliphatic rings. The maximum Gasteiger partial charge on any atom is 0.168 e. The lowest BCUT2D eigenvalue weighted by Gasteiger charge is -2.36. The van der Waals surface area contributed by atoms with Gasteiger partial charge in [0.15, 0.2) is 15.6 Å². The third kappa shape index (κ3) is 2.71. The third-order valence-corrected chi connectivity index (χ3v) is 5.82. The van der Waals surface area contributed by atoms with Crippen molar-refractivity contribution < 1.29 is 22.6 Å². The van der Waals surface area contributed by atoms with E-state index in [1.165, 1.54) is 0 Å². The fraction of sp³-hybridized carbons (Fsp3) is 1.00. The molecule has 0 amide bonds. The Labute approximate surface area is 108 Å². The molecule has 2 saturated heterocycles. The largest absolute Gasteiger partial charge is 0.374 e. The van der Waals surface area contributed by atoms with Crippen LogP contribution in [0.2, 0.25) is 0 Å². The number of sulfone groups is 1. The summed E-state index contributed by atoms with van der Waals surface area (Å²) < 4.78 is 40.0. The quantitative estimate of drug-likeness (QED) is 0.749. The van der Waals surface area contributed by atoms with Crippen molar-refractivity contribution in [1.82, 2.24) is 0 Å². The summed E-state index contributed by atoms with van der Waals surface area (Å²) in [5.41, 5.74) is 0. The Morgan fingerprint density at radius 1 is 1.00 bits per heavy atom. The molecule has 0 aromatic carbocycles. The average molecular weight is 276 g/mol. The maximum absolute atomic E-state index is 11.4. The standard InChI is InChI=1S/C12H20O5S/c13-18(14)8-3-11(9-18)17-10-1-4-12(5-2-10)15-6-7-16-12/h10-11H,1-9H2. The second-order valence-electron chi connectivity index (χ2n) is 5.47. The fourth-order valence-electron chi connectivity index (χ4n) is 3.09. The van der Waals surface area contributed by atoms with Crippen LogP contribution in [0.25, 0.3) is 0 Å². The van der Waals surface area contributed by atoms with Gasteiger partial charge < -0.3 is 14.2 Å². The highest BCUT2D eigenvalue weighted by Crippen LogP contribution is 2.37. The fourth-order valence-corrected chi connectivity index (χ4v) is 4.69. The zero-order valence-corrected chi connectivity index (χ0v) is 11.3. The van der Waals surface area contributed by atoms with Crippen LogP contribution in [0.5, 0.6) is 0 Å². The molecule has 3 rings (SSSR count). The van der Waals surface area contributed by atoms with E-state index in [2.05, 4.69) is 0 Å². The summed E-state index contributed by atoms with van der Waals surface area (Å²) in [6.45, 7) is 1.37. The highest BCUT2D eigenvalue weighted by Gasteiger charge is 2.41. The van der Waals surface area contributed by atoms with Crippen LogP contribution in [0.3, 0.4) is 0 Å². The van der Waals surface area contributed by atoms with Crippen LogP contribution in [-0.4, -0.2) is 51.1 Å². The SMILES string of the molecule is O=S1(=O)CCC(OC2CCC3(CC2)OCCO3)C1. The zero-order valence-electron chi connectivity index (χ0n) is 10.5. The van der Waals surface area contributed by atoms with E-state index in [9.17, 15) is 8.42 Å². The van der Waals surface area contributed by atoms with Crippen molar-refractivity contribution in [2.24, 2.45) is 0 Å². The molecule has 0 aromatic heterocycles. The molecular weight excluding hydrogens is 256 g/mol. The van der Waals surface area contributed by atoms with E-state index >= 15 is 0 Å². The van der Waals surface area contributed by atoms with Crippen molar-refractivity contribution in [3.63, 3.8) is 0 Å². The van der Waals surface area contributed by atoms with Gasteiger partial charge >= 0.3 is 0 Å². The molecule has 0 radical (unpaired) electrons. The molecule has 1 aliphatic carbocycles. The first-order chi connectivity index (χ1) is 8.57. The van der Waals surface area contributed by atoms with E-state index in [0.717, 1.165) is 25.7 Å². The molecule has 1 spiro atoms. The Morgan fingerprint density at radius 2 is 1.67 bits per heavy atom. The van der Waals surface area contributed by atoms with E-state index in [1.54, 1.807) is 0 Å². The lowest BCUT2D eigenvalue weighted by Crippen LogP contribution is -2.38. The summed E-state index contributed by atoms with van der Waals surface area (Å²) in [5, 5.41) is 0. The molecule has 1 saturated carbocycles. The summed E-state index contributed by atoms with van der Waals surface area (Å²) in [6, 6.07) is 0. The Kier molecular flexibility index (Phi) is 3.38. The monoisotopic (exact) mass is 276 g/mol. The van der Waals surface area contributed by atoms with Gasteiger partial charge in [0, 0.05) is 12.8 Å². The molecule has 0 bridgehead atoms. The van der Waals surface area contributed by atoms with E-state index in [4.69, 9.17) is 14.2 Å². The minimum atomic E-state index is -2.84. The Balaban J connectivity index is 1.49. The van der Waals surface area contributed by atoms with Crippen molar-refractivity contribution in [2.75, 3.05) is 24.7 Å². The minimum absolute atomic E-state index is 0.0977. The number of rotatable bonds is 2. The first kappa shape index (κ1) is 12.8. The van der Waals surface area contributed by atoms with Gasteiger partial charge in [-0.05, 0) is 19.3 Å². The van der Waals surface area contributed by atoms with Gasteiger partial charge in [0.05, 0.1) is 36.9 Å². The molecule has 1 atom stereocenters. The smallest absolute Gasteiger partial charge is 0.168 e. The Bertz CT molecular complexity index is 389. The number of ether oxygens (including phenoxy) is 3. The molecule has 5 nitrogen and oxygen atoms in total. The van der Waals surface area contributed by atoms with Crippen LogP contribution >= 0.6 is 0 Å². The van der Waals surface area contributed by atoms with Gasteiger partial charge in [-0.3, -0.25) is 0 Å². The summed E-state index contributed by atoms with van der Waals surface area (Å²) in [7, 11) is -2.84. The van der Waals surface area contributed by atoms with Gasteiger partial charge in [-0.15, -0.1) is 0 Å². The van der Waals surface area contributed by atoms with E-state index < -0.39 is 9.84 Å². The van der Waals surface area contributed by atoms with Crippen LogP contribution in [0.1, 0.15) is 32.1 Å². The van der Waals surface area contributed by atoms with Gasteiger partial charge in [0.25, 0.3) is 0 Å². The average Bonchev–Trinajstić information content (AvgIpc) is 2.90. The highest BCUT2D eigenvalue weighted by atomic mass is 32.2. The van der Waals surface area contributed by atoms with Crippen molar-refractivity contribution in [3.8, 4) is 0 Å². The lowest BCUT2D eigenvalue weighted by atomic mass is 9.91. The highest BCUT2D eigenvalue weighted by molar-refractivity contribution is 7.91. The molecule has 0 aromatic rings. The van der Waals surface area contributed by atoms with Crippen LogP contribution in [0.15, 0.2) is 0 Å². The minimum Gasteiger partial charge on any atom is -0.374 e. The van der Waals surface area contributed by atoms with Crippen LogP contribution in [0.4, 0.5) is 0 Å². The van der Waals surface area contributed by atoms with Crippen LogP contribution < -0.4 is 0 Å². The first-order valence-corrected chi connectivity index (χ1v) is 8.53. The second kappa shape index (κ2) is 4.74. The van der Waals surface area contributed by atoms with Gasteiger partial charge in [0.2, 0.25) is 0 Å². The molecule has 18 heavy (non-hydrogen) atoms. The summed E-state index contributed by atoms with van der Waals surface area (Å²) in [5.74, 6) is 0.115. The van der Waals surface area contributed by atoms with E-state index in [0.29, 0.717) is 19.6 Å². The van der Waals surface area contributed by atoms with E-state index in [-0.39, 0.29) is 29.5 Å². The number of hydrogen-bond acceptors (Lipinski definition) is 5. The predicted molar refractivity (Wildman–Crippen MR) is 65.0 cm³/mol. The zero-order chi connectivity index (χ0) is 12.6. The molecule has 3 fully saturated rings. The normalized spacial score (nSPS) is 35.2. The second-order valence-corrected chi connectivity index (χ2v) is 7.70. The van der Waals surface area contributed by atoms with Gasteiger partial charge in [-0.1, -0.05) is 0 Å². The third-order valence-electron chi connectivity index (χ3n) is 4.08. The summed E-state index contributed by atoms with van der Waals surface area (Å²) in [4.78, 5) is 0. The van der Waals surface area contributed by atoms with Crippen molar-refractivity contribution >= 4 is 9.84 Å². The molecule has 6 heteroatoms. The first-order valence-electron chi connectivity index (χ1n) is 6.71. The molecule has 2 heterocycles. The summed E-state index contributed by atoms with van der Waals surface area (Å²) in [6.07, 6.45) is 4.24. The van der Waals surface area contributed by atoms with E-state index in [1.807, 2.05) is 0 Å². The van der Waals surface area contributed by atoms with Gasteiger partial charge in [-0.25, -0.2) is 8.42 Å². The topological polar surface area (TPSA) is 61.8 Å². The van der Waals surface area contributed by atoms with Gasteiger partial charge in [-0.2, -0.15) is 0 Å². The van der Waals surface area contributed by atoms with Crippen LogP contribution in [-0.2, 0) is 24.0 Å². The Morgan fingerprint density at radius 3 is 2.22 bits per heavy atom. The molecular formula is C12H20O5S. The van der Waals surface area contributed by atoms with Gasteiger partial charge in [0.1, 0.15) is 0 Å². The molecule has 104 valence electrons. The Hall–Kier alpha value is -0.170. The lowest BCUT2D eigenvalue weighted by molar-refractivity contribution is -0.194. The summed E-state index contributed by atoms with van der Waals surface area (Å²) >= 11 is 0.